The summed E-state index contributed by atoms with van der Waals surface area (Å²) < 4.78 is 7.19. The Labute approximate surface area is 119 Å². The Morgan fingerprint density at radius 3 is 2.50 bits per heavy atom. The Bertz CT molecular complexity index is 595. The van der Waals surface area contributed by atoms with Crippen molar-refractivity contribution in [1.82, 2.24) is 9.55 Å². The highest BCUT2D eigenvalue weighted by Crippen LogP contribution is 2.13. The predicted octanol–water partition coefficient (Wildman–Crippen LogP) is 2.97. The van der Waals surface area contributed by atoms with Crippen LogP contribution in [0.15, 0.2) is 36.5 Å². The Morgan fingerprint density at radius 2 is 1.90 bits per heavy atom. The minimum atomic E-state index is -0.506. The molecule has 1 aromatic heterocycles. The van der Waals surface area contributed by atoms with Gasteiger partial charge in [0.1, 0.15) is 11.4 Å². The zero-order chi connectivity index (χ0) is 14.8. The van der Waals surface area contributed by atoms with Crippen LogP contribution in [0.1, 0.15) is 42.6 Å². The molecule has 106 valence electrons. The van der Waals surface area contributed by atoms with Gasteiger partial charge in [-0.2, -0.15) is 0 Å². The number of nitrogens with zero attached hydrogens (tertiary/aromatic N) is 2. The van der Waals surface area contributed by atoms with Crippen molar-refractivity contribution >= 4 is 5.97 Å². The van der Waals surface area contributed by atoms with Crippen molar-refractivity contribution in [2.45, 2.75) is 32.8 Å². The number of benzene rings is 1. The van der Waals surface area contributed by atoms with E-state index in [2.05, 4.69) is 4.98 Å². The molecule has 0 aliphatic carbocycles. The highest BCUT2D eigenvalue weighted by Gasteiger charge is 2.20. The first kappa shape index (κ1) is 14.3. The number of aryl methyl sites for hydroxylation is 1. The molecule has 0 saturated heterocycles. The molecule has 2 rings (SSSR count). The summed E-state index contributed by atoms with van der Waals surface area (Å²) in [5, 5.41) is 0. The van der Waals surface area contributed by atoms with Crippen molar-refractivity contribution in [2.24, 2.45) is 7.05 Å². The fourth-order valence-electron chi connectivity index (χ4n) is 1.88. The number of carbonyl (C=O) groups is 1. The number of hydrogen-bond donors (Lipinski definition) is 0. The maximum atomic E-state index is 12.0. The van der Waals surface area contributed by atoms with Crippen molar-refractivity contribution < 1.29 is 9.53 Å². The zero-order valence-electron chi connectivity index (χ0n) is 12.4. The van der Waals surface area contributed by atoms with Gasteiger partial charge in [-0.25, -0.2) is 9.78 Å². The number of hydrogen-bond acceptors (Lipinski definition) is 3. The van der Waals surface area contributed by atoms with E-state index in [-0.39, 0.29) is 5.97 Å². The van der Waals surface area contributed by atoms with Crippen molar-refractivity contribution in [3.63, 3.8) is 0 Å². The van der Waals surface area contributed by atoms with E-state index in [1.54, 1.807) is 6.20 Å². The van der Waals surface area contributed by atoms with Gasteiger partial charge >= 0.3 is 5.97 Å². The lowest BCUT2D eigenvalue weighted by atomic mass is 10.1. The van der Waals surface area contributed by atoms with Crippen LogP contribution in [-0.2, 0) is 18.2 Å². The number of ether oxygens (including phenoxy) is 1. The van der Waals surface area contributed by atoms with Crippen molar-refractivity contribution in [1.29, 1.82) is 0 Å². The first-order valence-electron chi connectivity index (χ1n) is 6.65. The molecular formula is C16H20N2O2. The molecule has 0 amide bonds. The van der Waals surface area contributed by atoms with Crippen molar-refractivity contribution in [3.05, 3.63) is 53.6 Å². The Hall–Kier alpha value is -2.10. The van der Waals surface area contributed by atoms with Gasteiger partial charge in [-0.3, -0.25) is 0 Å². The molecule has 0 saturated carbocycles. The van der Waals surface area contributed by atoms with Crippen LogP contribution in [0.2, 0.25) is 0 Å². The average molecular weight is 272 g/mol. The monoisotopic (exact) mass is 272 g/mol. The summed E-state index contributed by atoms with van der Waals surface area (Å²) in [7, 11) is 1.89. The summed E-state index contributed by atoms with van der Waals surface area (Å²) in [4.78, 5) is 16.4. The second-order valence-electron chi connectivity index (χ2n) is 5.82. The van der Waals surface area contributed by atoms with Crippen molar-refractivity contribution in [3.8, 4) is 0 Å². The van der Waals surface area contributed by atoms with Gasteiger partial charge in [-0.15, -0.1) is 0 Å². The van der Waals surface area contributed by atoms with E-state index in [0.29, 0.717) is 12.1 Å². The van der Waals surface area contributed by atoms with Crippen LogP contribution >= 0.6 is 0 Å². The molecule has 0 atom stereocenters. The quantitative estimate of drug-likeness (QED) is 0.807. The molecule has 4 nitrogen and oxygen atoms in total. The molecule has 1 aromatic carbocycles. The van der Waals surface area contributed by atoms with E-state index in [0.717, 1.165) is 11.4 Å². The van der Waals surface area contributed by atoms with E-state index < -0.39 is 5.60 Å². The molecule has 1 heterocycles. The van der Waals surface area contributed by atoms with Crippen LogP contribution in [0.25, 0.3) is 0 Å². The highest BCUT2D eigenvalue weighted by molar-refractivity contribution is 5.87. The fourth-order valence-corrected chi connectivity index (χ4v) is 1.88. The van der Waals surface area contributed by atoms with Crippen LogP contribution in [0.4, 0.5) is 0 Å². The summed E-state index contributed by atoms with van der Waals surface area (Å²) >= 11 is 0. The highest BCUT2D eigenvalue weighted by atomic mass is 16.6. The Morgan fingerprint density at radius 1 is 1.25 bits per heavy atom. The summed E-state index contributed by atoms with van der Waals surface area (Å²) in [6.07, 6.45) is 2.41. The van der Waals surface area contributed by atoms with E-state index >= 15 is 0 Å². The van der Waals surface area contributed by atoms with E-state index in [1.165, 1.54) is 0 Å². The van der Waals surface area contributed by atoms with E-state index in [9.17, 15) is 4.79 Å². The SMILES string of the molecule is Cn1cc(C(=O)OC(C)(C)C)nc1Cc1ccccc1. The van der Waals surface area contributed by atoms with Gasteiger partial charge in [0.15, 0.2) is 5.69 Å². The molecule has 0 aliphatic rings. The second-order valence-corrected chi connectivity index (χ2v) is 5.82. The molecule has 0 aliphatic heterocycles. The summed E-state index contributed by atoms with van der Waals surface area (Å²) in [5.41, 5.74) is 1.01. The third-order valence-corrected chi connectivity index (χ3v) is 2.79. The van der Waals surface area contributed by atoms with Gasteiger partial charge < -0.3 is 9.30 Å². The zero-order valence-corrected chi connectivity index (χ0v) is 12.4. The minimum absolute atomic E-state index is 0.355. The molecule has 0 N–H and O–H groups in total. The standard InChI is InChI=1S/C16H20N2O2/c1-16(2,3)20-15(19)13-11-18(4)14(17-13)10-12-8-6-5-7-9-12/h5-9,11H,10H2,1-4H3. The second kappa shape index (κ2) is 5.49. The maximum Gasteiger partial charge on any atom is 0.359 e. The average Bonchev–Trinajstić information content (AvgIpc) is 2.70. The van der Waals surface area contributed by atoms with Gasteiger partial charge in [0, 0.05) is 19.7 Å². The van der Waals surface area contributed by atoms with Crippen LogP contribution < -0.4 is 0 Å². The topological polar surface area (TPSA) is 44.1 Å². The number of carbonyl (C=O) groups excluding carboxylic acids is 1. The Balaban J connectivity index is 2.16. The molecule has 20 heavy (non-hydrogen) atoms. The molecule has 0 radical (unpaired) electrons. The van der Waals surface area contributed by atoms with Gasteiger partial charge in [0.25, 0.3) is 0 Å². The maximum absolute atomic E-state index is 12.0. The molecule has 2 aromatic rings. The lowest BCUT2D eigenvalue weighted by molar-refractivity contribution is 0.00632. The van der Waals surface area contributed by atoms with Crippen LogP contribution in [0, 0.1) is 0 Å². The van der Waals surface area contributed by atoms with Gasteiger partial charge in [0.05, 0.1) is 0 Å². The number of imidazole rings is 1. The molecule has 0 fully saturated rings. The largest absolute Gasteiger partial charge is 0.455 e. The number of rotatable bonds is 3. The lowest BCUT2D eigenvalue weighted by Crippen LogP contribution is -2.24. The number of aromatic nitrogens is 2. The first-order valence-corrected chi connectivity index (χ1v) is 6.65. The van der Waals surface area contributed by atoms with E-state index in [1.807, 2.05) is 62.7 Å². The number of esters is 1. The van der Waals surface area contributed by atoms with Gasteiger partial charge in [-0.05, 0) is 26.3 Å². The van der Waals surface area contributed by atoms with Crippen molar-refractivity contribution in [2.75, 3.05) is 0 Å². The molecule has 0 bridgehead atoms. The van der Waals surface area contributed by atoms with Gasteiger partial charge in [0.2, 0.25) is 0 Å². The normalized spacial score (nSPS) is 11.4. The smallest absolute Gasteiger partial charge is 0.359 e. The Kier molecular flexibility index (Phi) is 3.93. The predicted molar refractivity (Wildman–Crippen MR) is 77.6 cm³/mol. The van der Waals surface area contributed by atoms with Crippen LogP contribution in [-0.4, -0.2) is 21.1 Å². The minimum Gasteiger partial charge on any atom is -0.455 e. The van der Waals surface area contributed by atoms with Gasteiger partial charge in [-0.1, -0.05) is 30.3 Å². The first-order chi connectivity index (χ1) is 9.35. The summed E-state index contributed by atoms with van der Waals surface area (Å²) in [5.74, 6) is 0.462. The van der Waals surface area contributed by atoms with Crippen LogP contribution in [0.5, 0.6) is 0 Å². The summed E-state index contributed by atoms with van der Waals surface area (Å²) in [6, 6.07) is 10.1. The third kappa shape index (κ3) is 3.70. The molecule has 4 heteroatoms. The molecule has 0 unspecified atom stereocenters. The molecular weight excluding hydrogens is 252 g/mol. The molecule has 0 spiro atoms. The fraction of sp³-hybridized carbons (Fsp3) is 0.375. The lowest BCUT2D eigenvalue weighted by Gasteiger charge is -2.18. The van der Waals surface area contributed by atoms with Crippen LogP contribution in [0.3, 0.4) is 0 Å². The summed E-state index contributed by atoms with van der Waals surface area (Å²) in [6.45, 7) is 5.54. The van der Waals surface area contributed by atoms with E-state index in [4.69, 9.17) is 4.74 Å². The third-order valence-electron chi connectivity index (χ3n) is 2.79.